The predicted molar refractivity (Wildman–Crippen MR) is 66.2 cm³/mol. The molecule has 7 heteroatoms. The van der Waals surface area contributed by atoms with Crippen molar-refractivity contribution >= 4 is 5.91 Å². The molecule has 0 aliphatic carbocycles. The molecule has 0 spiro atoms. The number of aliphatic hydroxyl groups is 3. The molecule has 1 heterocycles. The summed E-state index contributed by atoms with van der Waals surface area (Å²) in [4.78, 5) is 11.2. The zero-order valence-electron chi connectivity index (χ0n) is 11.7. The van der Waals surface area contributed by atoms with Gasteiger partial charge in [0, 0.05) is 6.92 Å². The second-order valence-corrected chi connectivity index (χ2v) is 5.66. The molecule has 0 bridgehead atoms. The molecule has 1 aliphatic heterocycles. The van der Waals surface area contributed by atoms with Gasteiger partial charge in [-0.15, -0.1) is 0 Å². The average molecular weight is 277 g/mol. The Labute approximate surface area is 112 Å². The largest absolute Gasteiger partial charge is 0.394 e. The number of carbonyl (C=O) groups is 1. The van der Waals surface area contributed by atoms with Crippen LogP contribution in [0.1, 0.15) is 27.7 Å². The van der Waals surface area contributed by atoms with E-state index < -0.39 is 42.9 Å². The van der Waals surface area contributed by atoms with E-state index in [9.17, 15) is 15.0 Å². The molecule has 0 saturated carbocycles. The third kappa shape index (κ3) is 4.39. The number of hydrogen-bond acceptors (Lipinski definition) is 6. The molecule has 1 aliphatic rings. The number of ether oxygens (including phenoxy) is 2. The number of nitrogens with one attached hydrogen (secondary N) is 1. The Morgan fingerprint density at radius 3 is 2.32 bits per heavy atom. The summed E-state index contributed by atoms with van der Waals surface area (Å²) >= 11 is 0. The van der Waals surface area contributed by atoms with Crippen molar-refractivity contribution in [2.45, 2.75) is 63.9 Å². The summed E-state index contributed by atoms with van der Waals surface area (Å²) in [5.74, 6) is -0.371. The van der Waals surface area contributed by atoms with Crippen molar-refractivity contribution in [3.63, 3.8) is 0 Å². The van der Waals surface area contributed by atoms with Gasteiger partial charge in [-0.2, -0.15) is 0 Å². The highest BCUT2D eigenvalue weighted by Gasteiger charge is 2.46. The van der Waals surface area contributed by atoms with Gasteiger partial charge in [-0.3, -0.25) is 4.79 Å². The highest BCUT2D eigenvalue weighted by atomic mass is 16.7. The monoisotopic (exact) mass is 277 g/mol. The van der Waals surface area contributed by atoms with Gasteiger partial charge in [0.15, 0.2) is 6.29 Å². The van der Waals surface area contributed by atoms with E-state index in [4.69, 9.17) is 14.6 Å². The third-order valence-corrected chi connectivity index (χ3v) is 2.72. The second kappa shape index (κ2) is 6.15. The molecule has 1 saturated heterocycles. The van der Waals surface area contributed by atoms with Gasteiger partial charge in [-0.05, 0) is 20.8 Å². The lowest BCUT2D eigenvalue weighted by Crippen LogP contribution is -2.65. The molecular formula is C12H23NO6. The first-order valence-electron chi connectivity index (χ1n) is 6.23. The van der Waals surface area contributed by atoms with Crippen LogP contribution in [0.2, 0.25) is 0 Å². The van der Waals surface area contributed by atoms with Crippen LogP contribution in [-0.4, -0.2) is 64.1 Å². The Morgan fingerprint density at radius 2 is 1.89 bits per heavy atom. The van der Waals surface area contributed by atoms with Crippen LogP contribution in [0.4, 0.5) is 0 Å². The van der Waals surface area contributed by atoms with E-state index in [-0.39, 0.29) is 5.91 Å². The molecule has 0 aromatic heterocycles. The van der Waals surface area contributed by atoms with Gasteiger partial charge in [0.1, 0.15) is 24.4 Å². The fourth-order valence-electron chi connectivity index (χ4n) is 1.92. The maximum absolute atomic E-state index is 11.2. The molecule has 19 heavy (non-hydrogen) atoms. The number of carbonyl (C=O) groups excluding carboxylic acids is 1. The molecule has 7 nitrogen and oxygen atoms in total. The van der Waals surface area contributed by atoms with E-state index in [2.05, 4.69) is 5.32 Å². The molecule has 1 unspecified atom stereocenters. The molecule has 4 N–H and O–H groups in total. The molecule has 1 amide bonds. The van der Waals surface area contributed by atoms with E-state index in [1.165, 1.54) is 6.92 Å². The normalized spacial score (nSPS) is 36.1. The fraction of sp³-hybridized carbons (Fsp3) is 0.917. The van der Waals surface area contributed by atoms with Crippen LogP contribution in [0.25, 0.3) is 0 Å². The lowest BCUT2D eigenvalue weighted by Gasteiger charge is -2.44. The lowest BCUT2D eigenvalue weighted by molar-refractivity contribution is -0.292. The Morgan fingerprint density at radius 1 is 1.32 bits per heavy atom. The quantitative estimate of drug-likeness (QED) is 0.513. The highest BCUT2D eigenvalue weighted by Crippen LogP contribution is 2.25. The van der Waals surface area contributed by atoms with Crippen LogP contribution in [0, 0.1) is 0 Å². The number of amides is 1. The van der Waals surface area contributed by atoms with Crippen molar-refractivity contribution in [2.24, 2.45) is 0 Å². The van der Waals surface area contributed by atoms with Gasteiger partial charge in [0.2, 0.25) is 5.91 Å². The van der Waals surface area contributed by atoms with Gasteiger partial charge in [-0.1, -0.05) is 0 Å². The SMILES string of the molecule is CC(=O)N[C@H]1C(OC(C)(C)C)O[C@H](CO)[C@H](O)[C@@H]1O. The van der Waals surface area contributed by atoms with E-state index in [0.717, 1.165) is 0 Å². The zero-order chi connectivity index (χ0) is 14.8. The van der Waals surface area contributed by atoms with Crippen molar-refractivity contribution in [3.8, 4) is 0 Å². The molecule has 1 rings (SSSR count). The molecule has 0 radical (unpaired) electrons. The van der Waals surface area contributed by atoms with E-state index in [1.54, 1.807) is 20.8 Å². The summed E-state index contributed by atoms with van der Waals surface area (Å²) in [6, 6.07) is -0.894. The summed E-state index contributed by atoms with van der Waals surface area (Å²) in [6.45, 7) is 6.24. The van der Waals surface area contributed by atoms with Crippen LogP contribution in [-0.2, 0) is 14.3 Å². The van der Waals surface area contributed by atoms with Crippen LogP contribution in [0.15, 0.2) is 0 Å². The Hall–Kier alpha value is -0.730. The average Bonchev–Trinajstić information content (AvgIpc) is 2.26. The smallest absolute Gasteiger partial charge is 0.217 e. The van der Waals surface area contributed by atoms with Crippen LogP contribution in [0.5, 0.6) is 0 Å². The highest BCUT2D eigenvalue weighted by molar-refractivity contribution is 5.73. The van der Waals surface area contributed by atoms with E-state index >= 15 is 0 Å². The lowest BCUT2D eigenvalue weighted by atomic mass is 9.96. The number of rotatable bonds is 3. The molecule has 112 valence electrons. The minimum atomic E-state index is -1.29. The van der Waals surface area contributed by atoms with Gasteiger partial charge < -0.3 is 30.1 Å². The summed E-state index contributed by atoms with van der Waals surface area (Å²) in [7, 11) is 0. The van der Waals surface area contributed by atoms with Crippen LogP contribution >= 0.6 is 0 Å². The Balaban J connectivity index is 2.89. The molecule has 0 aromatic carbocycles. The number of aliphatic hydroxyl groups excluding tert-OH is 3. The van der Waals surface area contributed by atoms with Gasteiger partial charge >= 0.3 is 0 Å². The van der Waals surface area contributed by atoms with E-state index in [1.807, 2.05) is 0 Å². The topological polar surface area (TPSA) is 108 Å². The first-order chi connectivity index (χ1) is 8.65. The van der Waals surface area contributed by atoms with Crippen molar-refractivity contribution in [1.82, 2.24) is 5.32 Å². The molecular weight excluding hydrogens is 254 g/mol. The van der Waals surface area contributed by atoms with Crippen molar-refractivity contribution in [2.75, 3.05) is 6.61 Å². The zero-order valence-corrected chi connectivity index (χ0v) is 11.7. The van der Waals surface area contributed by atoms with Gasteiger partial charge in [0.05, 0.1) is 12.2 Å². The minimum Gasteiger partial charge on any atom is -0.394 e. The molecule has 0 aromatic rings. The second-order valence-electron chi connectivity index (χ2n) is 5.66. The third-order valence-electron chi connectivity index (χ3n) is 2.72. The van der Waals surface area contributed by atoms with Crippen LogP contribution < -0.4 is 5.32 Å². The number of hydrogen-bond donors (Lipinski definition) is 4. The first-order valence-corrected chi connectivity index (χ1v) is 6.23. The Kier molecular flexibility index (Phi) is 5.28. The first kappa shape index (κ1) is 16.3. The predicted octanol–water partition coefficient (Wildman–Crippen LogP) is -1.25. The van der Waals surface area contributed by atoms with Crippen molar-refractivity contribution < 1.29 is 29.6 Å². The van der Waals surface area contributed by atoms with E-state index in [0.29, 0.717) is 0 Å². The fourth-order valence-corrected chi connectivity index (χ4v) is 1.92. The molecule has 5 atom stereocenters. The van der Waals surface area contributed by atoms with Gasteiger partial charge in [0.25, 0.3) is 0 Å². The van der Waals surface area contributed by atoms with Gasteiger partial charge in [-0.25, -0.2) is 0 Å². The maximum atomic E-state index is 11.2. The Bertz CT molecular complexity index is 316. The molecule has 1 fully saturated rings. The summed E-state index contributed by atoms with van der Waals surface area (Å²) in [5, 5.41) is 31.4. The van der Waals surface area contributed by atoms with Crippen molar-refractivity contribution in [3.05, 3.63) is 0 Å². The maximum Gasteiger partial charge on any atom is 0.217 e. The minimum absolute atomic E-state index is 0.371. The van der Waals surface area contributed by atoms with Crippen molar-refractivity contribution in [1.29, 1.82) is 0 Å². The summed E-state index contributed by atoms with van der Waals surface area (Å²) < 4.78 is 11.0. The van der Waals surface area contributed by atoms with Crippen LogP contribution in [0.3, 0.4) is 0 Å². The standard InChI is InChI=1S/C12H23NO6/c1-6(15)13-8-10(17)9(16)7(5-14)18-11(8)19-12(2,3)4/h7-11,14,16-17H,5H2,1-4H3,(H,13,15)/t7-,8-,9+,10-,11?/m1/s1. The summed E-state index contributed by atoms with van der Waals surface area (Å²) in [6.07, 6.45) is -4.46. The summed E-state index contributed by atoms with van der Waals surface area (Å²) in [5.41, 5.74) is -0.566.